The Hall–Kier alpha value is -0.0800. The van der Waals surface area contributed by atoms with Gasteiger partial charge in [-0.2, -0.15) is 0 Å². The molecule has 0 bridgehead atoms. The smallest absolute Gasteiger partial charge is 0.0636 e. The monoisotopic (exact) mass is 159 g/mol. The number of hydrogen-bond donors (Lipinski definition) is 2. The predicted molar refractivity (Wildman–Crippen MR) is 48.6 cm³/mol. The Balaban J connectivity index is 3.29. The summed E-state index contributed by atoms with van der Waals surface area (Å²) in [4.78, 5) is 0. The second-order valence-electron chi connectivity index (χ2n) is 3.79. The first-order valence-electron chi connectivity index (χ1n) is 4.43. The van der Waals surface area contributed by atoms with Gasteiger partial charge < -0.3 is 10.4 Å². The molecule has 0 radical (unpaired) electrons. The standard InChI is InChI=1S/C9H21NO/c1-7(2)5-8(3)10-6-9(4)11/h7-11H,5-6H2,1-4H3/t8-,9+/m1/s1. The predicted octanol–water partition coefficient (Wildman–Crippen LogP) is 1.39. The zero-order valence-corrected chi connectivity index (χ0v) is 8.09. The molecule has 2 atom stereocenters. The fraction of sp³-hybridized carbons (Fsp3) is 1.00. The number of nitrogens with one attached hydrogen (secondary N) is 1. The normalized spacial score (nSPS) is 16.9. The molecule has 0 aliphatic heterocycles. The van der Waals surface area contributed by atoms with Crippen LogP contribution in [-0.2, 0) is 0 Å². The highest BCUT2D eigenvalue weighted by Gasteiger charge is 2.04. The van der Waals surface area contributed by atoms with Gasteiger partial charge in [-0.3, -0.25) is 0 Å². The van der Waals surface area contributed by atoms with E-state index in [-0.39, 0.29) is 6.10 Å². The minimum absolute atomic E-state index is 0.232. The van der Waals surface area contributed by atoms with Crippen LogP contribution in [0.4, 0.5) is 0 Å². The third-order valence-electron chi connectivity index (χ3n) is 1.59. The first-order chi connectivity index (χ1) is 5.02. The van der Waals surface area contributed by atoms with Crippen LogP contribution in [0.5, 0.6) is 0 Å². The molecule has 2 N–H and O–H groups in total. The van der Waals surface area contributed by atoms with Crippen molar-refractivity contribution in [2.75, 3.05) is 6.54 Å². The van der Waals surface area contributed by atoms with E-state index in [0.29, 0.717) is 12.6 Å². The zero-order chi connectivity index (χ0) is 8.85. The number of aliphatic hydroxyl groups is 1. The second kappa shape index (κ2) is 5.56. The van der Waals surface area contributed by atoms with Crippen LogP contribution in [0.2, 0.25) is 0 Å². The average Bonchev–Trinajstić information content (AvgIpc) is 1.82. The van der Waals surface area contributed by atoms with Crippen molar-refractivity contribution in [1.82, 2.24) is 5.32 Å². The lowest BCUT2D eigenvalue weighted by Gasteiger charge is -2.16. The van der Waals surface area contributed by atoms with Crippen molar-refractivity contribution in [1.29, 1.82) is 0 Å². The second-order valence-corrected chi connectivity index (χ2v) is 3.79. The van der Waals surface area contributed by atoms with Crippen LogP contribution in [0.1, 0.15) is 34.1 Å². The van der Waals surface area contributed by atoms with Crippen LogP contribution >= 0.6 is 0 Å². The van der Waals surface area contributed by atoms with Gasteiger partial charge in [-0.25, -0.2) is 0 Å². The highest BCUT2D eigenvalue weighted by atomic mass is 16.3. The minimum atomic E-state index is -0.232. The Morgan fingerprint density at radius 2 is 1.73 bits per heavy atom. The molecule has 0 unspecified atom stereocenters. The van der Waals surface area contributed by atoms with Crippen molar-refractivity contribution in [3.8, 4) is 0 Å². The molecule has 0 fully saturated rings. The van der Waals surface area contributed by atoms with E-state index in [0.717, 1.165) is 5.92 Å². The van der Waals surface area contributed by atoms with Gasteiger partial charge in [0.15, 0.2) is 0 Å². The first kappa shape index (κ1) is 10.9. The van der Waals surface area contributed by atoms with E-state index < -0.39 is 0 Å². The summed E-state index contributed by atoms with van der Waals surface area (Å²) in [6.07, 6.45) is 0.941. The molecule has 0 aromatic carbocycles. The van der Waals surface area contributed by atoms with Gasteiger partial charge in [0.25, 0.3) is 0 Å². The molecule has 2 nitrogen and oxygen atoms in total. The Bertz CT molecular complexity index is 91.6. The van der Waals surface area contributed by atoms with E-state index in [1.807, 2.05) is 0 Å². The van der Waals surface area contributed by atoms with Gasteiger partial charge >= 0.3 is 0 Å². The lowest BCUT2D eigenvalue weighted by molar-refractivity contribution is 0.185. The maximum Gasteiger partial charge on any atom is 0.0636 e. The summed E-state index contributed by atoms with van der Waals surface area (Å²) in [5.74, 6) is 0.728. The highest BCUT2D eigenvalue weighted by Crippen LogP contribution is 2.03. The topological polar surface area (TPSA) is 32.3 Å². The van der Waals surface area contributed by atoms with Gasteiger partial charge in [-0.05, 0) is 26.2 Å². The van der Waals surface area contributed by atoms with Crippen LogP contribution in [0.25, 0.3) is 0 Å². The summed E-state index contributed by atoms with van der Waals surface area (Å²) in [6.45, 7) is 9.08. The molecule has 11 heavy (non-hydrogen) atoms. The maximum absolute atomic E-state index is 8.97. The lowest BCUT2D eigenvalue weighted by Crippen LogP contribution is -2.33. The van der Waals surface area contributed by atoms with Gasteiger partial charge in [0, 0.05) is 12.6 Å². The van der Waals surface area contributed by atoms with E-state index in [1.54, 1.807) is 6.92 Å². The third kappa shape index (κ3) is 7.82. The van der Waals surface area contributed by atoms with E-state index in [4.69, 9.17) is 5.11 Å². The van der Waals surface area contributed by atoms with Crippen molar-refractivity contribution in [2.24, 2.45) is 5.92 Å². The molecule has 0 heterocycles. The van der Waals surface area contributed by atoms with Gasteiger partial charge in [-0.1, -0.05) is 13.8 Å². The fourth-order valence-corrected chi connectivity index (χ4v) is 1.16. The van der Waals surface area contributed by atoms with E-state index >= 15 is 0 Å². The minimum Gasteiger partial charge on any atom is -0.392 e. The summed E-state index contributed by atoms with van der Waals surface area (Å²) in [6, 6.07) is 0.518. The molecule has 0 saturated heterocycles. The Morgan fingerprint density at radius 1 is 1.18 bits per heavy atom. The molecular formula is C9H21NO. The number of hydrogen-bond acceptors (Lipinski definition) is 2. The average molecular weight is 159 g/mol. The van der Waals surface area contributed by atoms with Crippen molar-refractivity contribution >= 4 is 0 Å². The Kier molecular flexibility index (Phi) is 5.51. The van der Waals surface area contributed by atoms with Crippen molar-refractivity contribution in [3.63, 3.8) is 0 Å². The van der Waals surface area contributed by atoms with Gasteiger partial charge in [0.2, 0.25) is 0 Å². The van der Waals surface area contributed by atoms with Crippen LogP contribution in [0.3, 0.4) is 0 Å². The summed E-state index contributed by atoms with van der Waals surface area (Å²) in [5.41, 5.74) is 0. The van der Waals surface area contributed by atoms with Gasteiger partial charge in [-0.15, -0.1) is 0 Å². The van der Waals surface area contributed by atoms with E-state index in [2.05, 4.69) is 26.1 Å². The van der Waals surface area contributed by atoms with Crippen LogP contribution in [-0.4, -0.2) is 23.8 Å². The summed E-state index contributed by atoms with van der Waals surface area (Å²) in [5, 5.41) is 12.2. The first-order valence-corrected chi connectivity index (χ1v) is 4.43. The summed E-state index contributed by atoms with van der Waals surface area (Å²) >= 11 is 0. The van der Waals surface area contributed by atoms with Crippen molar-refractivity contribution < 1.29 is 5.11 Å². The largest absolute Gasteiger partial charge is 0.392 e. The van der Waals surface area contributed by atoms with Crippen molar-refractivity contribution in [2.45, 2.75) is 46.3 Å². The highest BCUT2D eigenvalue weighted by molar-refractivity contribution is 4.64. The summed E-state index contributed by atoms with van der Waals surface area (Å²) < 4.78 is 0. The molecule has 0 spiro atoms. The molecule has 0 saturated carbocycles. The Morgan fingerprint density at radius 3 is 2.09 bits per heavy atom. The van der Waals surface area contributed by atoms with Crippen molar-refractivity contribution in [3.05, 3.63) is 0 Å². The van der Waals surface area contributed by atoms with Crippen LogP contribution in [0, 0.1) is 5.92 Å². The maximum atomic E-state index is 8.97. The molecule has 0 aromatic rings. The molecule has 2 heteroatoms. The lowest BCUT2D eigenvalue weighted by atomic mass is 10.1. The fourth-order valence-electron chi connectivity index (χ4n) is 1.16. The molecule has 0 aliphatic rings. The van der Waals surface area contributed by atoms with Gasteiger partial charge in [0.05, 0.1) is 6.10 Å². The van der Waals surface area contributed by atoms with Crippen LogP contribution in [0.15, 0.2) is 0 Å². The van der Waals surface area contributed by atoms with E-state index in [1.165, 1.54) is 6.42 Å². The molecule has 0 amide bonds. The molecule has 0 aromatic heterocycles. The quantitative estimate of drug-likeness (QED) is 0.635. The summed E-state index contributed by atoms with van der Waals surface area (Å²) in [7, 11) is 0. The SMILES string of the molecule is CC(C)C[C@@H](C)NC[C@H](C)O. The molecular weight excluding hydrogens is 138 g/mol. The van der Waals surface area contributed by atoms with E-state index in [9.17, 15) is 0 Å². The number of rotatable bonds is 5. The number of aliphatic hydroxyl groups excluding tert-OH is 1. The molecule has 68 valence electrons. The molecule has 0 rings (SSSR count). The third-order valence-corrected chi connectivity index (χ3v) is 1.59. The zero-order valence-electron chi connectivity index (χ0n) is 8.09. The molecule has 0 aliphatic carbocycles. The van der Waals surface area contributed by atoms with Gasteiger partial charge in [0.1, 0.15) is 0 Å². The Labute approximate surface area is 70.0 Å². The van der Waals surface area contributed by atoms with Crippen LogP contribution < -0.4 is 5.32 Å².